The summed E-state index contributed by atoms with van der Waals surface area (Å²) < 4.78 is 7.30. The lowest BCUT2D eigenvalue weighted by Crippen LogP contribution is -2.20. The van der Waals surface area contributed by atoms with E-state index < -0.39 is 0 Å². The van der Waals surface area contributed by atoms with E-state index in [4.69, 9.17) is 16.3 Å². The van der Waals surface area contributed by atoms with Gasteiger partial charge in [-0.3, -0.25) is 0 Å². The van der Waals surface area contributed by atoms with Crippen LogP contribution in [0.25, 0.3) is 11.0 Å². The van der Waals surface area contributed by atoms with Crippen molar-refractivity contribution in [2.45, 2.75) is 32.4 Å². The van der Waals surface area contributed by atoms with Crippen LogP contribution in [-0.4, -0.2) is 34.3 Å². The number of ether oxygens (including phenoxy) is 1. The van der Waals surface area contributed by atoms with Crippen molar-refractivity contribution in [2.24, 2.45) is 5.18 Å². The lowest BCUT2D eigenvalue weighted by atomic mass is 10.1. The minimum absolute atomic E-state index is 0.115. The zero-order valence-electron chi connectivity index (χ0n) is 11.7. The number of hydrogen-bond donors (Lipinski definition) is 0. The number of halogens is 1. The van der Waals surface area contributed by atoms with Gasteiger partial charge in [0.05, 0.1) is 11.5 Å². The fourth-order valence-corrected chi connectivity index (χ4v) is 2.66. The Balaban J connectivity index is 2.33. The molecule has 0 spiro atoms. The molecule has 0 aliphatic carbocycles. The quantitative estimate of drug-likeness (QED) is 0.606. The monoisotopic (exact) mass is 296 g/mol. The summed E-state index contributed by atoms with van der Waals surface area (Å²) in [4.78, 5) is 18.7. The van der Waals surface area contributed by atoms with Gasteiger partial charge in [-0.05, 0) is 25.8 Å². The second-order valence-electron chi connectivity index (χ2n) is 4.84. The van der Waals surface area contributed by atoms with E-state index in [9.17, 15) is 4.91 Å². The average molecular weight is 297 g/mol. The van der Waals surface area contributed by atoms with Crippen LogP contribution < -0.4 is 0 Å². The summed E-state index contributed by atoms with van der Waals surface area (Å²) in [6.45, 7) is 4.17. The number of methoxy groups -OCH3 is 1. The predicted molar refractivity (Wildman–Crippen MR) is 78.1 cm³/mol. The van der Waals surface area contributed by atoms with Crippen LogP contribution >= 0.6 is 11.6 Å². The molecule has 7 heteroatoms. The van der Waals surface area contributed by atoms with Gasteiger partial charge in [-0.25, -0.2) is 9.97 Å². The lowest BCUT2D eigenvalue weighted by Gasteiger charge is -2.19. The third-order valence-electron chi connectivity index (χ3n) is 3.44. The molecule has 2 heterocycles. The Morgan fingerprint density at radius 1 is 1.50 bits per heavy atom. The Bertz CT molecular complexity index is 614. The highest BCUT2D eigenvalue weighted by Crippen LogP contribution is 2.28. The first-order valence-corrected chi connectivity index (χ1v) is 6.75. The molecule has 6 nitrogen and oxygen atoms in total. The number of hydrogen-bond acceptors (Lipinski definition) is 5. The lowest BCUT2D eigenvalue weighted by molar-refractivity contribution is 0.0909. The van der Waals surface area contributed by atoms with Crippen molar-refractivity contribution in [3.8, 4) is 0 Å². The van der Waals surface area contributed by atoms with Gasteiger partial charge in [0.2, 0.25) is 0 Å². The number of aryl methyl sites for hydroxylation is 1. The minimum Gasteiger partial charge on any atom is -0.379 e. The third-order valence-corrected chi connectivity index (χ3v) is 3.73. The van der Waals surface area contributed by atoms with Crippen LogP contribution in [0, 0.1) is 11.8 Å². The van der Waals surface area contributed by atoms with Crippen molar-refractivity contribution >= 4 is 22.6 Å². The van der Waals surface area contributed by atoms with Gasteiger partial charge >= 0.3 is 0 Å². The van der Waals surface area contributed by atoms with E-state index in [1.807, 2.05) is 24.6 Å². The van der Waals surface area contributed by atoms with Gasteiger partial charge in [-0.15, -0.1) is 0 Å². The van der Waals surface area contributed by atoms with Crippen LogP contribution in [0.2, 0.25) is 5.15 Å². The molecule has 0 aliphatic heterocycles. The predicted octanol–water partition coefficient (Wildman–Crippen LogP) is 3.13. The molecule has 2 atom stereocenters. The maximum absolute atomic E-state index is 10.4. The molecule has 20 heavy (non-hydrogen) atoms. The summed E-state index contributed by atoms with van der Waals surface area (Å²) in [7, 11) is 1.58. The number of nitrogens with zero attached hydrogens (tertiary/aromatic N) is 4. The normalized spacial score (nSPS) is 14.4. The summed E-state index contributed by atoms with van der Waals surface area (Å²) in [5, 5.41) is 4.22. The SMILES string of the molecule is COC(CN=O)CC(C)n1cc(C)c2c(Cl)ncnc21. The second-order valence-corrected chi connectivity index (χ2v) is 5.19. The van der Waals surface area contributed by atoms with Crippen molar-refractivity contribution in [3.63, 3.8) is 0 Å². The first-order valence-electron chi connectivity index (χ1n) is 6.38. The molecule has 0 radical (unpaired) electrons. The zero-order valence-corrected chi connectivity index (χ0v) is 12.5. The van der Waals surface area contributed by atoms with E-state index in [0.29, 0.717) is 11.6 Å². The highest BCUT2D eigenvalue weighted by atomic mass is 35.5. The summed E-state index contributed by atoms with van der Waals surface area (Å²) >= 11 is 6.12. The van der Waals surface area contributed by atoms with Crippen LogP contribution in [0.4, 0.5) is 0 Å². The summed E-state index contributed by atoms with van der Waals surface area (Å²) in [5.41, 5.74) is 1.82. The van der Waals surface area contributed by atoms with Crippen molar-refractivity contribution in [1.82, 2.24) is 14.5 Å². The van der Waals surface area contributed by atoms with Gasteiger partial charge in [-0.2, -0.15) is 4.91 Å². The van der Waals surface area contributed by atoms with Gasteiger partial charge in [-0.1, -0.05) is 16.8 Å². The third kappa shape index (κ3) is 2.81. The van der Waals surface area contributed by atoms with Crippen LogP contribution in [0.15, 0.2) is 17.7 Å². The minimum atomic E-state index is -0.197. The Morgan fingerprint density at radius 3 is 2.90 bits per heavy atom. The second kappa shape index (κ2) is 6.28. The fourth-order valence-electron chi connectivity index (χ4n) is 2.38. The Morgan fingerprint density at radius 2 is 2.25 bits per heavy atom. The molecular formula is C13H17ClN4O2. The van der Waals surface area contributed by atoms with Crippen molar-refractivity contribution in [2.75, 3.05) is 13.7 Å². The number of aromatic nitrogens is 3. The zero-order chi connectivity index (χ0) is 14.7. The molecule has 2 rings (SSSR count). The Hall–Kier alpha value is -1.53. The largest absolute Gasteiger partial charge is 0.379 e. The molecular weight excluding hydrogens is 280 g/mol. The standard InChI is InChI=1S/C13H17ClN4O2/c1-8-6-18(9(2)4-10(20-3)5-17-19)13-11(8)12(14)15-7-16-13/h6-7,9-10H,4-5H2,1-3H3. The number of rotatable bonds is 6. The molecule has 0 saturated heterocycles. The summed E-state index contributed by atoms with van der Waals surface area (Å²) in [6.07, 6.45) is 3.93. The molecule has 108 valence electrons. The highest BCUT2D eigenvalue weighted by molar-refractivity contribution is 6.34. The van der Waals surface area contributed by atoms with E-state index in [1.165, 1.54) is 6.33 Å². The summed E-state index contributed by atoms with van der Waals surface area (Å²) in [5.74, 6) is 0. The molecule has 2 aromatic rings. The molecule has 2 aromatic heterocycles. The molecule has 0 fully saturated rings. The van der Waals surface area contributed by atoms with Crippen molar-refractivity contribution < 1.29 is 4.74 Å². The number of nitroso groups, excluding NO2 is 1. The van der Waals surface area contributed by atoms with E-state index in [1.54, 1.807) is 7.11 Å². The van der Waals surface area contributed by atoms with Gasteiger partial charge in [0.1, 0.15) is 23.7 Å². The fraction of sp³-hybridized carbons (Fsp3) is 0.538. The van der Waals surface area contributed by atoms with Crippen LogP contribution in [0.5, 0.6) is 0 Å². The van der Waals surface area contributed by atoms with Crippen LogP contribution in [-0.2, 0) is 4.74 Å². The first kappa shape index (κ1) is 14.9. The van der Waals surface area contributed by atoms with Gasteiger partial charge in [0.25, 0.3) is 0 Å². The van der Waals surface area contributed by atoms with E-state index in [0.717, 1.165) is 16.6 Å². The molecule has 0 aromatic carbocycles. The summed E-state index contributed by atoms with van der Waals surface area (Å²) in [6, 6.07) is 0.115. The topological polar surface area (TPSA) is 69.4 Å². The molecule has 0 aliphatic rings. The van der Waals surface area contributed by atoms with E-state index in [-0.39, 0.29) is 18.7 Å². The van der Waals surface area contributed by atoms with E-state index in [2.05, 4.69) is 15.1 Å². The highest BCUT2D eigenvalue weighted by Gasteiger charge is 2.18. The van der Waals surface area contributed by atoms with Gasteiger partial charge in [0, 0.05) is 19.3 Å². The first-order chi connectivity index (χ1) is 9.58. The van der Waals surface area contributed by atoms with Crippen molar-refractivity contribution in [1.29, 1.82) is 0 Å². The maximum atomic E-state index is 10.4. The number of fused-ring (bicyclic) bond motifs is 1. The molecule has 0 bridgehead atoms. The molecule has 0 N–H and O–H groups in total. The van der Waals surface area contributed by atoms with E-state index >= 15 is 0 Å². The Labute approximate surface area is 122 Å². The van der Waals surface area contributed by atoms with Gasteiger partial charge < -0.3 is 9.30 Å². The van der Waals surface area contributed by atoms with Crippen molar-refractivity contribution in [3.05, 3.63) is 28.1 Å². The maximum Gasteiger partial charge on any atom is 0.145 e. The van der Waals surface area contributed by atoms with Gasteiger partial charge in [0.15, 0.2) is 0 Å². The Kier molecular flexibility index (Phi) is 4.67. The molecule has 0 amide bonds. The smallest absolute Gasteiger partial charge is 0.145 e. The molecule has 2 unspecified atom stereocenters. The average Bonchev–Trinajstić information content (AvgIpc) is 2.77. The van der Waals surface area contributed by atoms with Crippen LogP contribution in [0.3, 0.4) is 0 Å². The van der Waals surface area contributed by atoms with Crippen LogP contribution in [0.1, 0.15) is 24.9 Å². The molecule has 0 saturated carbocycles.